The average Bonchev–Trinajstić information content (AvgIpc) is 2.80. The lowest BCUT2D eigenvalue weighted by Crippen LogP contribution is -2.51. The maximum Gasteiger partial charge on any atom is 0.269 e. The first-order valence-corrected chi connectivity index (χ1v) is 5.70. The number of rotatable bonds is 4. The van der Waals surface area contributed by atoms with Crippen LogP contribution in [0.1, 0.15) is 16.7 Å². The SMILES string of the molecule is NC(=O)c1c(NC=O)ncn1[C@@H]1OC[C@H](O)[C@H](O)[C@H]1O. The molecule has 0 bridgehead atoms. The number of aliphatic hydroxyl groups excluding tert-OH is 3. The number of nitrogens with two attached hydrogens (primary N) is 1. The number of ether oxygens (including phenoxy) is 1. The van der Waals surface area contributed by atoms with Gasteiger partial charge in [0, 0.05) is 0 Å². The summed E-state index contributed by atoms with van der Waals surface area (Å²) in [5.74, 6) is -0.993. The molecule has 2 rings (SSSR count). The number of nitrogens with zero attached hydrogens (tertiary/aromatic N) is 2. The van der Waals surface area contributed by atoms with Gasteiger partial charge in [0.1, 0.15) is 18.3 Å². The Balaban J connectivity index is 2.37. The van der Waals surface area contributed by atoms with E-state index in [0.717, 1.165) is 10.9 Å². The molecule has 0 aliphatic carbocycles. The Labute approximate surface area is 112 Å². The molecule has 1 aliphatic rings. The summed E-state index contributed by atoms with van der Waals surface area (Å²) in [5.41, 5.74) is 5.01. The first-order chi connectivity index (χ1) is 9.47. The molecule has 1 aromatic heterocycles. The second-order valence-electron chi connectivity index (χ2n) is 4.25. The maximum atomic E-state index is 11.4. The molecule has 0 spiro atoms. The standard InChI is InChI=1S/C10H14N4O6/c11-8(19)5-9(13-3-15)12-2-14(5)10-7(18)6(17)4(16)1-20-10/h2-4,6-7,10,16-18H,1H2,(H2,11,19)(H,13,15)/t4-,6-,7+,10+/m0/s1. The van der Waals surface area contributed by atoms with E-state index in [1.807, 2.05) is 0 Å². The molecule has 1 fully saturated rings. The molecule has 0 saturated carbocycles. The Kier molecular flexibility index (Phi) is 3.99. The predicted molar refractivity (Wildman–Crippen MR) is 63.4 cm³/mol. The molecule has 1 saturated heterocycles. The van der Waals surface area contributed by atoms with E-state index >= 15 is 0 Å². The molecule has 1 aliphatic heterocycles. The Morgan fingerprint density at radius 1 is 1.50 bits per heavy atom. The van der Waals surface area contributed by atoms with Crippen molar-refractivity contribution in [3.05, 3.63) is 12.0 Å². The van der Waals surface area contributed by atoms with Crippen molar-refractivity contribution in [1.29, 1.82) is 0 Å². The van der Waals surface area contributed by atoms with Crippen molar-refractivity contribution in [2.75, 3.05) is 11.9 Å². The molecular weight excluding hydrogens is 272 g/mol. The van der Waals surface area contributed by atoms with Crippen LogP contribution in [0, 0.1) is 0 Å². The molecule has 0 radical (unpaired) electrons. The Morgan fingerprint density at radius 3 is 2.80 bits per heavy atom. The molecule has 110 valence electrons. The highest BCUT2D eigenvalue weighted by molar-refractivity contribution is 5.97. The first-order valence-electron chi connectivity index (χ1n) is 5.70. The van der Waals surface area contributed by atoms with Crippen molar-refractivity contribution >= 4 is 18.1 Å². The highest BCUT2D eigenvalue weighted by atomic mass is 16.5. The summed E-state index contributed by atoms with van der Waals surface area (Å²) >= 11 is 0. The number of hydrogen-bond acceptors (Lipinski definition) is 7. The quantitative estimate of drug-likeness (QED) is 0.372. The minimum absolute atomic E-state index is 0.0936. The maximum absolute atomic E-state index is 11.4. The van der Waals surface area contributed by atoms with Crippen LogP contribution in [0.25, 0.3) is 0 Å². The van der Waals surface area contributed by atoms with Gasteiger partial charge in [-0.1, -0.05) is 0 Å². The van der Waals surface area contributed by atoms with Gasteiger partial charge in [0.2, 0.25) is 6.41 Å². The summed E-state index contributed by atoms with van der Waals surface area (Å²) in [6.07, 6.45) is -3.89. The van der Waals surface area contributed by atoms with Gasteiger partial charge in [-0.05, 0) is 0 Å². The summed E-state index contributed by atoms with van der Waals surface area (Å²) in [5, 5.41) is 31.1. The van der Waals surface area contributed by atoms with Gasteiger partial charge in [0.15, 0.2) is 17.7 Å². The van der Waals surface area contributed by atoms with E-state index in [1.54, 1.807) is 0 Å². The Hall–Kier alpha value is -2.01. The number of imidazole rings is 1. The second kappa shape index (κ2) is 5.54. The van der Waals surface area contributed by atoms with Crippen LogP contribution in [-0.4, -0.2) is 62.1 Å². The number of hydrogen-bond donors (Lipinski definition) is 5. The van der Waals surface area contributed by atoms with Crippen LogP contribution in [0.4, 0.5) is 5.82 Å². The van der Waals surface area contributed by atoms with Gasteiger partial charge in [-0.3, -0.25) is 14.2 Å². The number of carbonyl (C=O) groups excluding carboxylic acids is 2. The van der Waals surface area contributed by atoms with Crippen LogP contribution in [0.3, 0.4) is 0 Å². The van der Waals surface area contributed by atoms with E-state index in [-0.39, 0.29) is 18.1 Å². The largest absolute Gasteiger partial charge is 0.388 e. The Morgan fingerprint density at radius 2 is 2.20 bits per heavy atom. The van der Waals surface area contributed by atoms with Gasteiger partial charge in [0.05, 0.1) is 12.9 Å². The summed E-state index contributed by atoms with van der Waals surface area (Å²) in [4.78, 5) is 25.6. The smallest absolute Gasteiger partial charge is 0.269 e. The van der Waals surface area contributed by atoms with Gasteiger partial charge in [0.25, 0.3) is 5.91 Å². The van der Waals surface area contributed by atoms with Crippen molar-refractivity contribution < 1.29 is 29.6 Å². The van der Waals surface area contributed by atoms with Crippen molar-refractivity contribution in [2.24, 2.45) is 5.73 Å². The number of primary amides is 1. The topological polar surface area (TPSA) is 160 Å². The number of carbonyl (C=O) groups is 2. The van der Waals surface area contributed by atoms with Gasteiger partial charge in [-0.15, -0.1) is 0 Å². The molecular formula is C10H14N4O6. The van der Waals surface area contributed by atoms with Gasteiger partial charge >= 0.3 is 0 Å². The third kappa shape index (κ3) is 2.36. The summed E-state index contributed by atoms with van der Waals surface area (Å²) < 4.78 is 6.27. The molecule has 2 heterocycles. The molecule has 2 amide bonds. The Bertz CT molecular complexity index is 518. The fourth-order valence-corrected chi connectivity index (χ4v) is 1.99. The third-order valence-electron chi connectivity index (χ3n) is 2.97. The van der Waals surface area contributed by atoms with Crippen molar-refractivity contribution in [2.45, 2.75) is 24.5 Å². The lowest BCUT2D eigenvalue weighted by atomic mass is 10.0. The number of amides is 2. The summed E-state index contributed by atoms with van der Waals surface area (Å²) in [6.45, 7) is -0.240. The molecule has 10 nitrogen and oxygen atoms in total. The molecule has 10 heteroatoms. The molecule has 0 aromatic carbocycles. The van der Waals surface area contributed by atoms with Crippen LogP contribution < -0.4 is 11.1 Å². The molecule has 6 N–H and O–H groups in total. The van der Waals surface area contributed by atoms with Crippen molar-refractivity contribution in [1.82, 2.24) is 9.55 Å². The van der Waals surface area contributed by atoms with E-state index in [9.17, 15) is 24.9 Å². The lowest BCUT2D eigenvalue weighted by Gasteiger charge is -2.36. The fourth-order valence-electron chi connectivity index (χ4n) is 1.99. The second-order valence-corrected chi connectivity index (χ2v) is 4.25. The molecule has 0 unspecified atom stereocenters. The zero-order chi connectivity index (χ0) is 14.9. The van der Waals surface area contributed by atoms with Gasteiger partial charge in [-0.25, -0.2) is 4.98 Å². The van der Waals surface area contributed by atoms with E-state index in [1.165, 1.54) is 0 Å². The highest BCUT2D eigenvalue weighted by Gasteiger charge is 2.40. The number of anilines is 1. The minimum Gasteiger partial charge on any atom is -0.388 e. The predicted octanol–water partition coefficient (Wildman–Crippen LogP) is -2.84. The van der Waals surface area contributed by atoms with E-state index in [0.29, 0.717) is 6.41 Å². The zero-order valence-electron chi connectivity index (χ0n) is 10.2. The monoisotopic (exact) mass is 286 g/mol. The third-order valence-corrected chi connectivity index (χ3v) is 2.97. The number of aliphatic hydroxyl groups is 3. The molecule has 4 atom stereocenters. The fraction of sp³-hybridized carbons (Fsp3) is 0.500. The highest BCUT2D eigenvalue weighted by Crippen LogP contribution is 2.27. The van der Waals surface area contributed by atoms with Gasteiger partial charge < -0.3 is 31.1 Å². The van der Waals surface area contributed by atoms with Crippen LogP contribution in [0.5, 0.6) is 0 Å². The zero-order valence-corrected chi connectivity index (χ0v) is 10.2. The minimum atomic E-state index is -1.49. The van der Waals surface area contributed by atoms with Gasteiger partial charge in [-0.2, -0.15) is 0 Å². The average molecular weight is 286 g/mol. The van der Waals surface area contributed by atoms with E-state index < -0.39 is 30.4 Å². The van der Waals surface area contributed by atoms with Crippen molar-refractivity contribution in [3.8, 4) is 0 Å². The van der Waals surface area contributed by atoms with Crippen LogP contribution in [0.2, 0.25) is 0 Å². The molecule has 20 heavy (non-hydrogen) atoms. The molecule has 1 aromatic rings. The number of aromatic nitrogens is 2. The summed E-state index contributed by atoms with van der Waals surface area (Å²) in [7, 11) is 0. The normalized spacial score (nSPS) is 29.9. The number of nitrogens with one attached hydrogen (secondary N) is 1. The van der Waals surface area contributed by atoms with E-state index in [4.69, 9.17) is 10.5 Å². The summed E-state index contributed by atoms with van der Waals surface area (Å²) in [6, 6.07) is 0. The van der Waals surface area contributed by atoms with Crippen LogP contribution >= 0.6 is 0 Å². The lowest BCUT2D eigenvalue weighted by molar-refractivity contribution is -0.211. The van der Waals surface area contributed by atoms with Crippen molar-refractivity contribution in [3.63, 3.8) is 0 Å². The van der Waals surface area contributed by atoms with Crippen LogP contribution in [-0.2, 0) is 9.53 Å². The first kappa shape index (κ1) is 14.4. The van der Waals surface area contributed by atoms with Crippen LogP contribution in [0.15, 0.2) is 6.33 Å². The van der Waals surface area contributed by atoms with E-state index in [2.05, 4.69) is 10.3 Å².